The number of halogens is 1. The second-order valence-corrected chi connectivity index (χ2v) is 8.14. The number of nitrogens with zero attached hydrogens (tertiary/aromatic N) is 3. The van der Waals surface area contributed by atoms with Crippen LogP contribution < -0.4 is 10.2 Å². The Kier molecular flexibility index (Phi) is 5.55. The van der Waals surface area contributed by atoms with E-state index >= 15 is 0 Å². The average molecular weight is 391 g/mol. The highest BCUT2D eigenvalue weighted by Gasteiger charge is 2.29. The summed E-state index contributed by atoms with van der Waals surface area (Å²) in [4.78, 5) is 30.8. The van der Waals surface area contributed by atoms with Crippen molar-refractivity contribution in [2.45, 2.75) is 44.6 Å². The molecule has 4 rings (SSSR count). The van der Waals surface area contributed by atoms with Gasteiger partial charge in [0.2, 0.25) is 5.91 Å². The van der Waals surface area contributed by atoms with E-state index in [9.17, 15) is 9.59 Å². The van der Waals surface area contributed by atoms with Crippen molar-refractivity contribution in [3.05, 3.63) is 23.2 Å². The number of hydrogen-bond acceptors (Lipinski definition) is 3. The number of rotatable bonds is 3. The highest BCUT2D eigenvalue weighted by molar-refractivity contribution is 6.34. The number of anilines is 2. The normalized spacial score (nSPS) is 23.9. The fourth-order valence-corrected chi connectivity index (χ4v) is 4.74. The maximum atomic E-state index is 12.7. The zero-order valence-corrected chi connectivity index (χ0v) is 16.4. The second-order valence-electron chi connectivity index (χ2n) is 7.73. The van der Waals surface area contributed by atoms with E-state index in [1.54, 1.807) is 11.0 Å². The summed E-state index contributed by atoms with van der Waals surface area (Å²) in [5.74, 6) is 0.106. The highest BCUT2D eigenvalue weighted by Crippen LogP contribution is 2.32. The summed E-state index contributed by atoms with van der Waals surface area (Å²) < 4.78 is 0. The van der Waals surface area contributed by atoms with Crippen LogP contribution in [-0.4, -0.2) is 60.5 Å². The fraction of sp³-hybridized carbons (Fsp3) is 0.600. The lowest BCUT2D eigenvalue weighted by atomic mass is 10.0. The summed E-state index contributed by atoms with van der Waals surface area (Å²) in [5.41, 5.74) is 1.40. The van der Waals surface area contributed by atoms with Crippen LogP contribution in [0, 0.1) is 0 Å². The van der Waals surface area contributed by atoms with Crippen LogP contribution in [0.3, 0.4) is 0 Å². The minimum absolute atomic E-state index is 0.0695. The van der Waals surface area contributed by atoms with Crippen molar-refractivity contribution >= 4 is 34.9 Å². The van der Waals surface area contributed by atoms with Crippen molar-refractivity contribution in [1.29, 1.82) is 0 Å². The zero-order chi connectivity index (χ0) is 18.8. The van der Waals surface area contributed by atoms with Gasteiger partial charge < -0.3 is 15.1 Å². The van der Waals surface area contributed by atoms with E-state index in [0.29, 0.717) is 29.7 Å². The summed E-state index contributed by atoms with van der Waals surface area (Å²) in [6.45, 7) is 4.61. The van der Waals surface area contributed by atoms with Gasteiger partial charge in [-0.2, -0.15) is 0 Å². The number of benzene rings is 1. The zero-order valence-electron chi connectivity index (χ0n) is 15.6. The summed E-state index contributed by atoms with van der Waals surface area (Å²) in [7, 11) is 0. The summed E-state index contributed by atoms with van der Waals surface area (Å²) in [5, 5.41) is 3.47. The summed E-state index contributed by atoms with van der Waals surface area (Å²) in [6.07, 6.45) is 6.20. The van der Waals surface area contributed by atoms with E-state index < -0.39 is 0 Å². The molecular weight excluding hydrogens is 364 g/mol. The molecule has 0 aromatic heterocycles. The van der Waals surface area contributed by atoms with Gasteiger partial charge in [-0.1, -0.05) is 11.6 Å². The lowest BCUT2D eigenvalue weighted by molar-refractivity contribution is -0.117. The molecule has 1 atom stereocenters. The van der Waals surface area contributed by atoms with Gasteiger partial charge in [0.25, 0.3) is 0 Å². The van der Waals surface area contributed by atoms with Gasteiger partial charge in [-0.15, -0.1) is 0 Å². The topological polar surface area (TPSA) is 55.9 Å². The SMILES string of the molecule is O=C(Nc1ccc(N2CCCC2=O)c(Cl)c1)N1CCCC(N2CCCC2)C1. The van der Waals surface area contributed by atoms with Gasteiger partial charge in [0.1, 0.15) is 0 Å². The molecule has 1 aromatic rings. The van der Waals surface area contributed by atoms with E-state index in [4.69, 9.17) is 11.6 Å². The van der Waals surface area contributed by atoms with Gasteiger partial charge in [-0.25, -0.2) is 4.79 Å². The molecule has 0 saturated carbocycles. The molecule has 6 nitrogen and oxygen atoms in total. The van der Waals surface area contributed by atoms with Gasteiger partial charge >= 0.3 is 6.03 Å². The van der Waals surface area contributed by atoms with E-state index in [1.165, 1.54) is 19.3 Å². The highest BCUT2D eigenvalue weighted by atomic mass is 35.5. The molecule has 0 spiro atoms. The number of carbonyl (C=O) groups is 2. The Morgan fingerprint density at radius 2 is 1.89 bits per heavy atom. The summed E-state index contributed by atoms with van der Waals surface area (Å²) >= 11 is 6.39. The molecule has 0 aliphatic carbocycles. The van der Waals surface area contributed by atoms with E-state index in [2.05, 4.69) is 10.2 Å². The molecule has 146 valence electrons. The van der Waals surface area contributed by atoms with Crippen molar-refractivity contribution in [2.24, 2.45) is 0 Å². The van der Waals surface area contributed by atoms with Gasteiger partial charge in [-0.05, 0) is 63.4 Å². The maximum absolute atomic E-state index is 12.7. The Bertz CT molecular complexity index is 720. The molecule has 3 saturated heterocycles. The van der Waals surface area contributed by atoms with Gasteiger partial charge in [0.05, 0.1) is 10.7 Å². The Morgan fingerprint density at radius 3 is 2.59 bits per heavy atom. The smallest absolute Gasteiger partial charge is 0.321 e. The monoisotopic (exact) mass is 390 g/mol. The third-order valence-electron chi connectivity index (χ3n) is 5.90. The van der Waals surface area contributed by atoms with Crippen molar-refractivity contribution < 1.29 is 9.59 Å². The fourth-order valence-electron chi connectivity index (χ4n) is 4.45. The van der Waals surface area contributed by atoms with Gasteiger partial charge in [0.15, 0.2) is 0 Å². The predicted molar refractivity (Wildman–Crippen MR) is 107 cm³/mol. The molecule has 3 amide bonds. The van der Waals surface area contributed by atoms with Crippen molar-refractivity contribution in [1.82, 2.24) is 9.80 Å². The number of amides is 3. The molecule has 27 heavy (non-hydrogen) atoms. The maximum Gasteiger partial charge on any atom is 0.321 e. The number of likely N-dealkylation sites (tertiary alicyclic amines) is 2. The van der Waals surface area contributed by atoms with Crippen LogP contribution in [0.1, 0.15) is 38.5 Å². The third-order valence-corrected chi connectivity index (χ3v) is 6.21. The first-order chi connectivity index (χ1) is 13.1. The standard InChI is InChI=1S/C20H27ClN4O2/c21-17-13-15(7-8-18(17)25-12-4-6-19(25)26)22-20(27)24-11-3-5-16(14-24)23-9-1-2-10-23/h7-8,13,16H,1-6,9-12,14H2,(H,22,27). The number of carbonyl (C=O) groups excluding carboxylic acids is 2. The largest absolute Gasteiger partial charge is 0.323 e. The van der Waals surface area contributed by atoms with Crippen molar-refractivity contribution in [3.63, 3.8) is 0 Å². The molecular formula is C20H27ClN4O2. The number of piperidine rings is 1. The first-order valence-corrected chi connectivity index (χ1v) is 10.4. The van der Waals surface area contributed by atoms with Crippen molar-refractivity contribution in [3.8, 4) is 0 Å². The number of nitrogens with one attached hydrogen (secondary N) is 1. The van der Waals surface area contributed by atoms with Crippen LogP contribution in [0.4, 0.5) is 16.2 Å². The van der Waals surface area contributed by atoms with Crippen LogP contribution >= 0.6 is 11.6 Å². The van der Waals surface area contributed by atoms with Gasteiger partial charge in [0, 0.05) is 37.8 Å². The molecule has 1 unspecified atom stereocenters. The van der Waals surface area contributed by atoms with Crippen LogP contribution in [0.2, 0.25) is 5.02 Å². The molecule has 7 heteroatoms. The Hall–Kier alpha value is -1.79. The van der Waals surface area contributed by atoms with E-state index in [-0.39, 0.29) is 11.9 Å². The third kappa shape index (κ3) is 4.06. The molecule has 0 bridgehead atoms. The predicted octanol–water partition coefficient (Wildman–Crippen LogP) is 3.56. The Balaban J connectivity index is 1.38. The molecule has 3 fully saturated rings. The second kappa shape index (κ2) is 8.07. The summed E-state index contributed by atoms with van der Waals surface area (Å²) in [6, 6.07) is 5.80. The minimum Gasteiger partial charge on any atom is -0.323 e. The Labute approximate surface area is 165 Å². The van der Waals surface area contributed by atoms with Gasteiger partial charge in [-0.3, -0.25) is 9.69 Å². The van der Waals surface area contributed by atoms with Crippen LogP contribution in [0.25, 0.3) is 0 Å². The number of hydrogen-bond donors (Lipinski definition) is 1. The number of urea groups is 1. The lowest BCUT2D eigenvalue weighted by Gasteiger charge is -2.37. The molecule has 3 aliphatic rings. The van der Waals surface area contributed by atoms with Crippen LogP contribution in [-0.2, 0) is 4.79 Å². The molecule has 1 aromatic carbocycles. The Morgan fingerprint density at radius 1 is 1.07 bits per heavy atom. The van der Waals surface area contributed by atoms with E-state index in [0.717, 1.165) is 44.7 Å². The first-order valence-electron chi connectivity index (χ1n) is 10.0. The van der Waals surface area contributed by atoms with Crippen molar-refractivity contribution in [2.75, 3.05) is 42.9 Å². The lowest BCUT2D eigenvalue weighted by Crippen LogP contribution is -2.50. The van der Waals surface area contributed by atoms with Crippen LogP contribution in [0.5, 0.6) is 0 Å². The first kappa shape index (κ1) is 18.6. The quantitative estimate of drug-likeness (QED) is 0.858. The minimum atomic E-state index is -0.0695. The molecule has 1 N–H and O–H groups in total. The average Bonchev–Trinajstić information content (AvgIpc) is 3.34. The molecule has 3 heterocycles. The molecule has 3 aliphatic heterocycles. The molecule has 0 radical (unpaired) electrons. The van der Waals surface area contributed by atoms with E-state index in [1.807, 2.05) is 17.0 Å². The van der Waals surface area contributed by atoms with Crippen LogP contribution in [0.15, 0.2) is 18.2 Å².